The first kappa shape index (κ1) is 15.0. The van der Waals surface area contributed by atoms with Crippen LogP contribution in [0.5, 0.6) is 0 Å². The Balaban J connectivity index is 1.79. The second kappa shape index (κ2) is 6.35. The smallest absolute Gasteiger partial charge is 0.0833 e. The van der Waals surface area contributed by atoms with Crippen molar-refractivity contribution in [3.63, 3.8) is 0 Å². The largest absolute Gasteiger partial charge is 0.388 e. The van der Waals surface area contributed by atoms with Gasteiger partial charge in [-0.05, 0) is 38.2 Å². The van der Waals surface area contributed by atoms with Crippen molar-refractivity contribution < 1.29 is 9.84 Å². The summed E-state index contributed by atoms with van der Waals surface area (Å²) >= 11 is 3.70. The van der Waals surface area contributed by atoms with Crippen molar-refractivity contribution in [3.05, 3.63) is 0 Å². The van der Waals surface area contributed by atoms with Gasteiger partial charge in [-0.3, -0.25) is 0 Å². The van der Waals surface area contributed by atoms with Crippen LogP contribution in [0.15, 0.2) is 0 Å². The number of nitrogens with one attached hydrogen (secondary N) is 1. The zero-order valence-electron chi connectivity index (χ0n) is 11.4. The van der Waals surface area contributed by atoms with E-state index < -0.39 is 5.60 Å². The van der Waals surface area contributed by atoms with Gasteiger partial charge in [0.1, 0.15) is 0 Å². The average Bonchev–Trinajstić information content (AvgIpc) is 2.75. The van der Waals surface area contributed by atoms with E-state index in [2.05, 4.69) is 5.32 Å². The molecule has 0 radical (unpaired) electrons. The second-order valence-corrected chi connectivity index (χ2v) is 7.81. The molecule has 3 nitrogen and oxygen atoms in total. The monoisotopic (exact) mass is 291 g/mol. The van der Waals surface area contributed by atoms with Crippen molar-refractivity contribution in [2.24, 2.45) is 0 Å². The highest BCUT2D eigenvalue weighted by molar-refractivity contribution is 7.99. The molecule has 0 bridgehead atoms. The van der Waals surface area contributed by atoms with Crippen LogP contribution in [-0.2, 0) is 4.74 Å². The molecule has 2 aliphatic rings. The van der Waals surface area contributed by atoms with Crippen LogP contribution in [-0.4, -0.2) is 59.0 Å². The first-order valence-electron chi connectivity index (χ1n) is 6.72. The maximum Gasteiger partial charge on any atom is 0.0833 e. The Bertz CT molecular complexity index is 268. The minimum Gasteiger partial charge on any atom is -0.388 e. The molecule has 1 spiro atoms. The van der Waals surface area contributed by atoms with Gasteiger partial charge >= 0.3 is 0 Å². The standard InChI is InChI=1S/C13H25NO2S2/c1-12(15,9-17-2)8-14-11-3-5-16-13(7-11)4-6-18-10-13/h11,14-15H,3-10H2,1-2H3. The van der Waals surface area contributed by atoms with Gasteiger partial charge in [0, 0.05) is 30.7 Å². The molecular formula is C13H25NO2S2. The Morgan fingerprint density at radius 3 is 3.11 bits per heavy atom. The number of thioether (sulfide) groups is 2. The lowest BCUT2D eigenvalue weighted by molar-refractivity contribution is -0.0721. The maximum absolute atomic E-state index is 10.2. The average molecular weight is 291 g/mol. The van der Waals surface area contributed by atoms with Crippen molar-refractivity contribution >= 4 is 23.5 Å². The van der Waals surface area contributed by atoms with E-state index in [1.54, 1.807) is 11.8 Å². The first-order chi connectivity index (χ1) is 8.55. The molecule has 5 heteroatoms. The van der Waals surface area contributed by atoms with Crippen molar-refractivity contribution in [1.82, 2.24) is 5.32 Å². The maximum atomic E-state index is 10.2. The van der Waals surface area contributed by atoms with Crippen molar-refractivity contribution in [2.45, 2.75) is 43.4 Å². The molecule has 2 aliphatic heterocycles. The van der Waals surface area contributed by atoms with Crippen molar-refractivity contribution in [1.29, 1.82) is 0 Å². The van der Waals surface area contributed by atoms with E-state index in [-0.39, 0.29) is 5.60 Å². The number of hydrogen-bond acceptors (Lipinski definition) is 5. The van der Waals surface area contributed by atoms with E-state index in [0.29, 0.717) is 12.6 Å². The Morgan fingerprint density at radius 2 is 2.44 bits per heavy atom. The minimum absolute atomic E-state index is 0.131. The van der Waals surface area contributed by atoms with Crippen LogP contribution in [0.25, 0.3) is 0 Å². The molecule has 0 aromatic rings. The molecule has 3 atom stereocenters. The summed E-state index contributed by atoms with van der Waals surface area (Å²) in [6.07, 6.45) is 5.40. The Kier molecular flexibility index (Phi) is 5.29. The van der Waals surface area contributed by atoms with Gasteiger partial charge in [-0.15, -0.1) is 0 Å². The van der Waals surface area contributed by atoms with Crippen LogP contribution in [0.1, 0.15) is 26.2 Å². The molecule has 18 heavy (non-hydrogen) atoms. The van der Waals surface area contributed by atoms with Crippen LogP contribution in [0.3, 0.4) is 0 Å². The third-order valence-electron chi connectivity index (χ3n) is 3.79. The SMILES string of the molecule is CSCC(C)(O)CNC1CCOC2(CCSC2)C1. The number of hydrogen-bond donors (Lipinski definition) is 2. The number of rotatable bonds is 5. The summed E-state index contributed by atoms with van der Waals surface area (Å²) in [5, 5.41) is 13.7. The third-order valence-corrected chi connectivity index (χ3v) is 5.92. The Hall–Kier alpha value is 0.580. The fraction of sp³-hybridized carbons (Fsp3) is 1.00. The van der Waals surface area contributed by atoms with Gasteiger partial charge < -0.3 is 15.2 Å². The molecule has 2 heterocycles. The Morgan fingerprint density at radius 1 is 1.61 bits per heavy atom. The van der Waals surface area contributed by atoms with E-state index in [1.165, 1.54) is 12.2 Å². The van der Waals surface area contributed by atoms with E-state index in [1.807, 2.05) is 24.9 Å². The summed E-state index contributed by atoms with van der Waals surface area (Å²) in [5.41, 5.74) is -0.471. The summed E-state index contributed by atoms with van der Waals surface area (Å²) in [4.78, 5) is 0. The number of ether oxygens (including phenoxy) is 1. The summed E-state index contributed by atoms with van der Waals surface area (Å²) in [5.74, 6) is 3.16. The predicted octanol–water partition coefficient (Wildman–Crippen LogP) is 1.74. The summed E-state index contributed by atoms with van der Waals surface area (Å²) in [7, 11) is 0. The quantitative estimate of drug-likeness (QED) is 0.808. The van der Waals surface area contributed by atoms with Crippen molar-refractivity contribution in [2.75, 3.05) is 36.7 Å². The van der Waals surface area contributed by atoms with E-state index in [9.17, 15) is 5.11 Å². The fourth-order valence-electron chi connectivity index (χ4n) is 2.79. The van der Waals surface area contributed by atoms with Gasteiger partial charge in [0.15, 0.2) is 0 Å². The number of aliphatic hydroxyl groups is 1. The highest BCUT2D eigenvalue weighted by Gasteiger charge is 2.40. The molecule has 0 aliphatic carbocycles. The lowest BCUT2D eigenvalue weighted by Gasteiger charge is -2.39. The van der Waals surface area contributed by atoms with Crippen LogP contribution in [0.4, 0.5) is 0 Å². The van der Waals surface area contributed by atoms with Crippen molar-refractivity contribution in [3.8, 4) is 0 Å². The van der Waals surface area contributed by atoms with Gasteiger partial charge in [-0.1, -0.05) is 0 Å². The highest BCUT2D eigenvalue weighted by Crippen LogP contribution is 2.38. The summed E-state index contributed by atoms with van der Waals surface area (Å²) in [6, 6.07) is 0.505. The van der Waals surface area contributed by atoms with Crippen LogP contribution >= 0.6 is 23.5 Å². The zero-order valence-corrected chi connectivity index (χ0v) is 13.0. The molecule has 2 N–H and O–H groups in total. The predicted molar refractivity (Wildman–Crippen MR) is 80.7 cm³/mol. The molecule has 106 valence electrons. The van der Waals surface area contributed by atoms with Gasteiger partial charge in [-0.25, -0.2) is 0 Å². The lowest BCUT2D eigenvalue weighted by Crippen LogP contribution is -2.51. The van der Waals surface area contributed by atoms with Crippen LogP contribution < -0.4 is 5.32 Å². The molecule has 2 rings (SSSR count). The van der Waals surface area contributed by atoms with Crippen LogP contribution in [0.2, 0.25) is 0 Å². The first-order valence-corrected chi connectivity index (χ1v) is 9.27. The molecule has 2 saturated heterocycles. The lowest BCUT2D eigenvalue weighted by atomic mass is 9.89. The summed E-state index contributed by atoms with van der Waals surface area (Å²) in [6.45, 7) is 3.46. The molecule has 0 aromatic heterocycles. The second-order valence-electron chi connectivity index (χ2n) is 5.83. The minimum atomic E-state index is -0.602. The summed E-state index contributed by atoms with van der Waals surface area (Å²) < 4.78 is 6.01. The Labute approximate surface area is 119 Å². The zero-order chi connectivity index (χ0) is 13.1. The molecule has 3 unspecified atom stereocenters. The van der Waals surface area contributed by atoms with Crippen LogP contribution in [0, 0.1) is 0 Å². The molecule has 0 amide bonds. The van der Waals surface area contributed by atoms with E-state index in [0.717, 1.165) is 31.0 Å². The molecular weight excluding hydrogens is 266 g/mol. The molecule has 0 saturated carbocycles. The van der Waals surface area contributed by atoms with E-state index in [4.69, 9.17) is 4.74 Å². The third kappa shape index (κ3) is 4.04. The normalized spacial score (nSPS) is 35.8. The van der Waals surface area contributed by atoms with Gasteiger partial charge in [0.25, 0.3) is 0 Å². The highest BCUT2D eigenvalue weighted by atomic mass is 32.2. The molecule has 2 fully saturated rings. The van der Waals surface area contributed by atoms with Gasteiger partial charge in [-0.2, -0.15) is 23.5 Å². The fourth-order valence-corrected chi connectivity index (χ4v) is 4.89. The van der Waals surface area contributed by atoms with E-state index >= 15 is 0 Å². The van der Waals surface area contributed by atoms with Gasteiger partial charge in [0.05, 0.1) is 11.2 Å². The van der Waals surface area contributed by atoms with Gasteiger partial charge in [0.2, 0.25) is 0 Å². The topological polar surface area (TPSA) is 41.5 Å². The molecule has 0 aromatic carbocycles.